The fourth-order valence-electron chi connectivity index (χ4n) is 2.48. The molecule has 1 aromatic heterocycles. The number of hydrogen-bond donors (Lipinski definition) is 1. The SMILES string of the molecule is Cc1nc(CN(C)C(=O)N2C[C@@H](C)[C@H](C(=O)O)C2)cs1. The summed E-state index contributed by atoms with van der Waals surface area (Å²) in [5.41, 5.74) is 0.866. The van der Waals surface area contributed by atoms with Crippen molar-refractivity contribution >= 4 is 23.3 Å². The summed E-state index contributed by atoms with van der Waals surface area (Å²) >= 11 is 1.55. The molecule has 1 aliphatic rings. The van der Waals surface area contributed by atoms with E-state index in [-0.39, 0.29) is 18.5 Å². The fraction of sp³-hybridized carbons (Fsp3) is 0.615. The average Bonchev–Trinajstić information content (AvgIpc) is 2.94. The second kappa shape index (κ2) is 5.78. The molecule has 7 heteroatoms. The largest absolute Gasteiger partial charge is 0.481 e. The maximum absolute atomic E-state index is 12.3. The van der Waals surface area contributed by atoms with Crippen molar-refractivity contribution < 1.29 is 14.7 Å². The van der Waals surface area contributed by atoms with Crippen LogP contribution in [0.4, 0.5) is 4.79 Å². The molecule has 2 amide bonds. The topological polar surface area (TPSA) is 73.7 Å². The number of carboxylic acid groups (broad SMARTS) is 1. The highest BCUT2D eigenvalue weighted by molar-refractivity contribution is 7.09. The van der Waals surface area contributed by atoms with Gasteiger partial charge in [-0.1, -0.05) is 6.92 Å². The number of aliphatic carboxylic acids is 1. The molecule has 110 valence electrons. The molecular formula is C13H19N3O3S. The predicted molar refractivity (Wildman–Crippen MR) is 75.6 cm³/mol. The lowest BCUT2D eigenvalue weighted by Gasteiger charge is -2.24. The molecule has 20 heavy (non-hydrogen) atoms. The van der Waals surface area contributed by atoms with Crippen molar-refractivity contribution in [1.82, 2.24) is 14.8 Å². The van der Waals surface area contributed by atoms with E-state index in [0.29, 0.717) is 13.1 Å². The summed E-state index contributed by atoms with van der Waals surface area (Å²) in [7, 11) is 1.72. The molecule has 1 aromatic rings. The number of hydrogen-bond acceptors (Lipinski definition) is 4. The van der Waals surface area contributed by atoms with Crippen LogP contribution in [0.25, 0.3) is 0 Å². The normalized spacial score (nSPS) is 22.1. The third-order valence-electron chi connectivity index (χ3n) is 3.59. The molecule has 1 aliphatic heterocycles. The molecule has 2 rings (SSSR count). The van der Waals surface area contributed by atoms with Crippen molar-refractivity contribution in [2.45, 2.75) is 20.4 Å². The highest BCUT2D eigenvalue weighted by Crippen LogP contribution is 2.24. The first-order valence-corrected chi connectivity index (χ1v) is 7.40. The Balaban J connectivity index is 1.96. The number of carboxylic acids is 1. The van der Waals surface area contributed by atoms with Gasteiger partial charge in [0.2, 0.25) is 0 Å². The van der Waals surface area contributed by atoms with Crippen molar-refractivity contribution in [2.75, 3.05) is 20.1 Å². The minimum Gasteiger partial charge on any atom is -0.481 e. The van der Waals surface area contributed by atoms with Crippen molar-refractivity contribution in [3.63, 3.8) is 0 Å². The predicted octanol–water partition coefficient (Wildman–Crippen LogP) is 1.66. The monoisotopic (exact) mass is 297 g/mol. The van der Waals surface area contributed by atoms with Gasteiger partial charge >= 0.3 is 12.0 Å². The number of aryl methyl sites for hydroxylation is 1. The molecule has 2 heterocycles. The Hall–Kier alpha value is -1.63. The molecular weight excluding hydrogens is 278 g/mol. The number of likely N-dealkylation sites (tertiary alicyclic amines) is 1. The van der Waals surface area contributed by atoms with Gasteiger partial charge in [0.15, 0.2) is 0 Å². The second-order valence-electron chi connectivity index (χ2n) is 5.32. The maximum atomic E-state index is 12.3. The number of amides is 2. The third kappa shape index (κ3) is 3.09. The zero-order valence-electron chi connectivity index (χ0n) is 11.9. The van der Waals surface area contributed by atoms with Gasteiger partial charge in [0.25, 0.3) is 0 Å². The summed E-state index contributed by atoms with van der Waals surface area (Å²) in [6.07, 6.45) is 0. The van der Waals surface area contributed by atoms with Gasteiger partial charge in [0.1, 0.15) is 0 Å². The van der Waals surface area contributed by atoms with Crippen LogP contribution in [0.2, 0.25) is 0 Å². The first kappa shape index (κ1) is 14.8. The lowest BCUT2D eigenvalue weighted by atomic mass is 9.99. The van der Waals surface area contributed by atoms with Gasteiger partial charge in [-0.3, -0.25) is 4.79 Å². The van der Waals surface area contributed by atoms with E-state index in [1.165, 1.54) is 0 Å². The smallest absolute Gasteiger partial charge is 0.320 e. The van der Waals surface area contributed by atoms with E-state index in [4.69, 9.17) is 5.11 Å². The number of rotatable bonds is 3. The van der Waals surface area contributed by atoms with Gasteiger partial charge in [-0.25, -0.2) is 9.78 Å². The minimum absolute atomic E-state index is 0.00799. The molecule has 1 N–H and O–H groups in total. The number of carbonyl (C=O) groups excluding carboxylic acids is 1. The summed E-state index contributed by atoms with van der Waals surface area (Å²) in [4.78, 5) is 30.9. The molecule has 2 atom stereocenters. The Morgan fingerprint density at radius 3 is 2.75 bits per heavy atom. The van der Waals surface area contributed by atoms with Crippen LogP contribution in [-0.4, -0.2) is 52.0 Å². The molecule has 0 radical (unpaired) electrons. The highest BCUT2D eigenvalue weighted by Gasteiger charge is 2.37. The Morgan fingerprint density at radius 1 is 1.55 bits per heavy atom. The first-order chi connectivity index (χ1) is 9.38. The summed E-state index contributed by atoms with van der Waals surface area (Å²) in [6, 6.07) is -0.133. The lowest BCUT2D eigenvalue weighted by molar-refractivity contribution is -0.142. The van der Waals surface area contributed by atoms with Crippen LogP contribution in [0.15, 0.2) is 5.38 Å². The van der Waals surface area contributed by atoms with Crippen LogP contribution in [0.3, 0.4) is 0 Å². The lowest BCUT2D eigenvalue weighted by Crippen LogP contribution is -2.40. The molecule has 0 unspecified atom stereocenters. The van der Waals surface area contributed by atoms with E-state index in [0.717, 1.165) is 10.7 Å². The van der Waals surface area contributed by atoms with Crippen LogP contribution in [0.5, 0.6) is 0 Å². The Kier molecular flexibility index (Phi) is 4.27. The van der Waals surface area contributed by atoms with Crippen LogP contribution < -0.4 is 0 Å². The average molecular weight is 297 g/mol. The minimum atomic E-state index is -0.828. The Bertz CT molecular complexity index is 517. The van der Waals surface area contributed by atoms with Gasteiger partial charge in [-0.15, -0.1) is 11.3 Å². The van der Waals surface area contributed by atoms with Crippen LogP contribution in [0, 0.1) is 18.8 Å². The standard InChI is InChI=1S/C13H19N3O3S/c1-8-4-16(6-11(8)12(17)18)13(19)15(3)5-10-7-20-9(2)14-10/h7-8,11H,4-6H2,1-3H3,(H,17,18)/t8-,11-/m1/s1. The molecule has 0 aliphatic carbocycles. The second-order valence-corrected chi connectivity index (χ2v) is 6.39. The number of nitrogens with zero attached hydrogens (tertiary/aromatic N) is 3. The van der Waals surface area contributed by atoms with Crippen LogP contribution >= 0.6 is 11.3 Å². The molecule has 6 nitrogen and oxygen atoms in total. The molecule has 1 fully saturated rings. The van der Waals surface area contributed by atoms with Crippen molar-refractivity contribution in [1.29, 1.82) is 0 Å². The molecule has 0 saturated carbocycles. The molecule has 0 bridgehead atoms. The van der Waals surface area contributed by atoms with Crippen LogP contribution in [-0.2, 0) is 11.3 Å². The first-order valence-electron chi connectivity index (χ1n) is 6.52. The Morgan fingerprint density at radius 2 is 2.25 bits per heavy atom. The summed E-state index contributed by atoms with van der Waals surface area (Å²) in [5, 5.41) is 12.0. The van der Waals surface area contributed by atoms with Gasteiger partial charge in [-0.2, -0.15) is 0 Å². The van der Waals surface area contributed by atoms with E-state index in [2.05, 4.69) is 4.98 Å². The van der Waals surface area contributed by atoms with E-state index in [1.807, 2.05) is 19.2 Å². The van der Waals surface area contributed by atoms with Crippen molar-refractivity contribution in [2.24, 2.45) is 11.8 Å². The molecule has 1 saturated heterocycles. The van der Waals surface area contributed by atoms with Gasteiger partial charge in [-0.05, 0) is 12.8 Å². The molecule has 0 aromatic carbocycles. The van der Waals surface area contributed by atoms with Gasteiger partial charge in [0, 0.05) is 25.5 Å². The van der Waals surface area contributed by atoms with Crippen LogP contribution in [0.1, 0.15) is 17.6 Å². The maximum Gasteiger partial charge on any atom is 0.320 e. The zero-order chi connectivity index (χ0) is 14.9. The number of aromatic nitrogens is 1. The number of urea groups is 1. The summed E-state index contributed by atoms with van der Waals surface area (Å²) in [6.45, 7) is 5.03. The van der Waals surface area contributed by atoms with E-state index < -0.39 is 11.9 Å². The molecule has 0 spiro atoms. The summed E-state index contributed by atoms with van der Waals surface area (Å²) in [5.74, 6) is -1.30. The quantitative estimate of drug-likeness (QED) is 0.920. The highest BCUT2D eigenvalue weighted by atomic mass is 32.1. The van der Waals surface area contributed by atoms with Crippen molar-refractivity contribution in [3.05, 3.63) is 16.1 Å². The van der Waals surface area contributed by atoms with Gasteiger partial charge < -0.3 is 14.9 Å². The van der Waals surface area contributed by atoms with E-state index >= 15 is 0 Å². The Labute approximate surface area is 122 Å². The van der Waals surface area contributed by atoms with Crippen molar-refractivity contribution in [3.8, 4) is 0 Å². The van der Waals surface area contributed by atoms with E-state index in [1.54, 1.807) is 28.2 Å². The number of carbonyl (C=O) groups is 2. The third-order valence-corrected chi connectivity index (χ3v) is 4.41. The zero-order valence-corrected chi connectivity index (χ0v) is 12.7. The fourth-order valence-corrected chi connectivity index (χ4v) is 3.08. The number of thiazole rings is 1. The van der Waals surface area contributed by atoms with Gasteiger partial charge in [0.05, 0.1) is 23.2 Å². The summed E-state index contributed by atoms with van der Waals surface area (Å²) < 4.78 is 0. The van der Waals surface area contributed by atoms with E-state index in [9.17, 15) is 9.59 Å².